The topological polar surface area (TPSA) is 3.24 Å². The maximum absolute atomic E-state index is 6.06. The summed E-state index contributed by atoms with van der Waals surface area (Å²) in [6.07, 6.45) is 0. The van der Waals surface area contributed by atoms with Gasteiger partial charge in [0.1, 0.15) is 19.4 Å². The number of hydrogen-bond donors (Lipinski definition) is 0. The van der Waals surface area contributed by atoms with E-state index >= 15 is 0 Å². The zero-order valence-electron chi connectivity index (χ0n) is 10.8. The van der Waals surface area contributed by atoms with Gasteiger partial charge in [-0.2, -0.15) is 0 Å². The Labute approximate surface area is 122 Å². The lowest BCUT2D eigenvalue weighted by Crippen LogP contribution is -2.26. The van der Waals surface area contributed by atoms with Gasteiger partial charge in [0.15, 0.2) is 0 Å². The van der Waals surface area contributed by atoms with Crippen LogP contribution in [0.15, 0.2) is 22.7 Å². The molecule has 0 amide bonds. The second-order valence-electron chi connectivity index (χ2n) is 6.22. The van der Waals surface area contributed by atoms with Crippen LogP contribution in [0.5, 0.6) is 0 Å². The van der Waals surface area contributed by atoms with E-state index in [-0.39, 0.29) is 19.4 Å². The molecule has 0 saturated carbocycles. The molecule has 2 rings (SSSR count). The van der Waals surface area contributed by atoms with Crippen LogP contribution in [-0.2, 0) is 0 Å². The maximum Gasteiger partial charge on any atom is 0.120 e. The first kappa shape index (κ1) is 13.7. The molecule has 1 aromatic rings. The van der Waals surface area contributed by atoms with Crippen LogP contribution in [0.1, 0.15) is 27.7 Å². The summed E-state index contributed by atoms with van der Waals surface area (Å²) in [5.74, 6) is 0. The van der Waals surface area contributed by atoms with Gasteiger partial charge in [0.2, 0.25) is 0 Å². The van der Waals surface area contributed by atoms with E-state index in [1.807, 2.05) is 6.07 Å². The van der Waals surface area contributed by atoms with Crippen LogP contribution in [-0.4, -0.2) is 19.4 Å². The molecule has 1 heterocycles. The van der Waals surface area contributed by atoms with Crippen molar-refractivity contribution in [2.75, 3.05) is 4.23 Å². The highest BCUT2D eigenvalue weighted by atomic mass is 79.9. The number of halogens is 2. The van der Waals surface area contributed by atoms with Crippen molar-refractivity contribution in [3.05, 3.63) is 27.7 Å². The van der Waals surface area contributed by atoms with Crippen LogP contribution in [0.2, 0.25) is 15.1 Å². The Kier molecular flexibility index (Phi) is 3.54. The Hall–Kier alpha value is 0.224. The van der Waals surface area contributed by atoms with Gasteiger partial charge in [-0.1, -0.05) is 39.3 Å². The Morgan fingerprint density at radius 1 is 1.12 bits per heavy atom. The third kappa shape index (κ3) is 2.50. The van der Waals surface area contributed by atoms with Crippen LogP contribution < -0.4 is 4.23 Å². The predicted molar refractivity (Wildman–Crippen MR) is 86.8 cm³/mol. The summed E-state index contributed by atoms with van der Waals surface area (Å²) in [6.45, 7) is 9.77. The lowest BCUT2D eigenvalue weighted by Gasteiger charge is -2.32. The number of benzene rings is 1. The summed E-state index contributed by atoms with van der Waals surface area (Å²) in [4.78, 5) is 0. The zero-order valence-corrected chi connectivity index (χ0v) is 16.0. The van der Waals surface area contributed by atoms with Crippen molar-refractivity contribution in [1.82, 2.24) is 0 Å². The van der Waals surface area contributed by atoms with Crippen LogP contribution in [0.3, 0.4) is 0 Å². The molecule has 1 nitrogen and oxygen atoms in total. The van der Waals surface area contributed by atoms with Crippen LogP contribution in [0.25, 0.3) is 0 Å². The average Bonchev–Trinajstić information content (AvgIpc) is 2.41. The van der Waals surface area contributed by atoms with E-state index in [9.17, 15) is 0 Å². The molecule has 0 unspecified atom stereocenters. The molecule has 0 N–H and O–H groups in total. The van der Waals surface area contributed by atoms with Crippen molar-refractivity contribution < 1.29 is 0 Å². The van der Waals surface area contributed by atoms with Crippen LogP contribution >= 0.6 is 27.5 Å². The molecular weight excluding hydrogens is 330 g/mol. The SMILES string of the molecule is CC1(C)[SiH2]N(c2ccc(Cl)c(Br)c2)[SiH2]C1(C)C. The van der Waals surface area contributed by atoms with Gasteiger partial charge in [0.25, 0.3) is 0 Å². The molecule has 1 saturated heterocycles. The van der Waals surface area contributed by atoms with Gasteiger partial charge >= 0.3 is 0 Å². The third-order valence-electron chi connectivity index (χ3n) is 4.27. The lowest BCUT2D eigenvalue weighted by atomic mass is 9.98. The molecule has 0 atom stereocenters. The standard InChI is InChI=1S/C12H19BrClNSi2/c1-11(2)12(3,4)17-15(16-11)8-5-6-10(14)9(13)7-8/h5-7H,16-17H2,1-4H3. The third-order valence-corrected chi connectivity index (χ3v) is 12.3. The minimum absolute atomic E-state index is 0.214. The van der Waals surface area contributed by atoms with E-state index in [0.717, 1.165) is 9.50 Å². The fraction of sp³-hybridized carbons (Fsp3) is 0.500. The monoisotopic (exact) mass is 347 g/mol. The molecule has 0 spiro atoms. The molecule has 0 aliphatic carbocycles. The number of rotatable bonds is 1. The Bertz CT molecular complexity index is 432. The van der Waals surface area contributed by atoms with E-state index in [4.69, 9.17) is 11.6 Å². The first-order valence-electron chi connectivity index (χ1n) is 5.93. The van der Waals surface area contributed by atoms with Gasteiger partial charge in [0, 0.05) is 10.2 Å². The number of nitrogens with zero attached hydrogens (tertiary/aromatic N) is 1. The molecule has 5 heteroatoms. The van der Waals surface area contributed by atoms with E-state index < -0.39 is 0 Å². The predicted octanol–water partition coefficient (Wildman–Crippen LogP) is 3.49. The van der Waals surface area contributed by atoms with Gasteiger partial charge in [-0.05, 0) is 44.2 Å². The van der Waals surface area contributed by atoms with E-state index in [1.165, 1.54) is 5.69 Å². The fourth-order valence-electron chi connectivity index (χ4n) is 2.30. The van der Waals surface area contributed by atoms with Gasteiger partial charge in [-0.15, -0.1) is 0 Å². The van der Waals surface area contributed by atoms with Gasteiger partial charge in [0.05, 0.1) is 5.02 Å². The number of anilines is 1. The minimum Gasteiger partial charge on any atom is -0.433 e. The molecule has 0 radical (unpaired) electrons. The zero-order chi connectivity index (χ0) is 12.8. The van der Waals surface area contributed by atoms with E-state index in [0.29, 0.717) is 10.1 Å². The van der Waals surface area contributed by atoms with Crippen molar-refractivity contribution in [2.24, 2.45) is 0 Å². The Balaban J connectivity index is 2.29. The maximum atomic E-state index is 6.06. The molecule has 94 valence electrons. The van der Waals surface area contributed by atoms with Crippen molar-refractivity contribution in [1.29, 1.82) is 0 Å². The normalized spacial score (nSPS) is 24.7. The summed E-state index contributed by atoms with van der Waals surface area (Å²) in [6, 6.07) is 6.35. The first-order valence-corrected chi connectivity index (χ1v) is 9.78. The Morgan fingerprint density at radius 3 is 2.12 bits per heavy atom. The summed E-state index contributed by atoms with van der Waals surface area (Å²) in [7, 11) is -0.429. The highest BCUT2D eigenvalue weighted by Gasteiger charge is 2.46. The Morgan fingerprint density at radius 2 is 1.65 bits per heavy atom. The molecule has 1 aromatic carbocycles. The lowest BCUT2D eigenvalue weighted by molar-refractivity contribution is 0.504. The van der Waals surface area contributed by atoms with Gasteiger partial charge in [-0.25, -0.2) is 0 Å². The minimum atomic E-state index is -0.214. The van der Waals surface area contributed by atoms with Crippen molar-refractivity contribution >= 4 is 52.6 Å². The second-order valence-corrected chi connectivity index (χ2v) is 14.1. The second kappa shape index (κ2) is 4.40. The first-order chi connectivity index (χ1) is 7.73. The molecule has 0 aromatic heterocycles. The molecule has 1 aliphatic rings. The molecule has 17 heavy (non-hydrogen) atoms. The highest BCUT2D eigenvalue weighted by molar-refractivity contribution is 9.10. The van der Waals surface area contributed by atoms with Crippen molar-refractivity contribution in [3.8, 4) is 0 Å². The van der Waals surface area contributed by atoms with Gasteiger partial charge < -0.3 is 4.23 Å². The molecule has 0 bridgehead atoms. The van der Waals surface area contributed by atoms with Crippen molar-refractivity contribution in [3.63, 3.8) is 0 Å². The largest absolute Gasteiger partial charge is 0.433 e. The smallest absolute Gasteiger partial charge is 0.120 e. The van der Waals surface area contributed by atoms with Gasteiger partial charge in [-0.3, -0.25) is 0 Å². The van der Waals surface area contributed by atoms with Crippen LogP contribution in [0, 0.1) is 0 Å². The van der Waals surface area contributed by atoms with E-state index in [2.05, 4.69) is 60.0 Å². The summed E-state index contributed by atoms with van der Waals surface area (Å²) in [5, 5.41) is 1.87. The van der Waals surface area contributed by atoms with E-state index in [1.54, 1.807) is 0 Å². The average molecular weight is 349 g/mol. The molecule has 1 fully saturated rings. The summed E-state index contributed by atoms with van der Waals surface area (Å²) in [5.41, 5.74) is 1.37. The summed E-state index contributed by atoms with van der Waals surface area (Å²) >= 11 is 9.58. The molecule has 1 aliphatic heterocycles. The molecular formula is C12H19BrClNSi2. The number of hydrogen-bond acceptors (Lipinski definition) is 1. The highest BCUT2D eigenvalue weighted by Crippen LogP contribution is 2.55. The summed E-state index contributed by atoms with van der Waals surface area (Å²) < 4.78 is 3.74. The quantitative estimate of drug-likeness (QED) is 0.702. The fourth-order valence-corrected chi connectivity index (χ4v) is 10.8. The van der Waals surface area contributed by atoms with Crippen LogP contribution in [0.4, 0.5) is 5.69 Å². The van der Waals surface area contributed by atoms with Crippen molar-refractivity contribution in [2.45, 2.75) is 37.8 Å².